The lowest BCUT2D eigenvalue weighted by Crippen LogP contribution is -1.96. The molecule has 0 unspecified atom stereocenters. The van der Waals surface area contributed by atoms with Crippen molar-refractivity contribution in [2.24, 2.45) is 5.92 Å². The number of hydrogen-bond acceptors (Lipinski definition) is 0. The molecule has 0 heterocycles. The number of alkyl halides is 1. The largest absolute Gasteiger partial charge is 0.206 e. The second-order valence-electron chi connectivity index (χ2n) is 3.67. The van der Waals surface area contributed by atoms with E-state index in [-0.39, 0.29) is 5.82 Å². The Kier molecular flexibility index (Phi) is 4.81. The molecule has 1 rings (SSSR count). The number of allylic oxidation sites excluding steroid dienone is 1. The zero-order valence-corrected chi connectivity index (χ0v) is 11.1. The zero-order valence-electron chi connectivity index (χ0n) is 8.73. The maximum atomic E-state index is 13.4. The number of benzene rings is 1. The summed E-state index contributed by atoms with van der Waals surface area (Å²) in [7, 11) is 0. The Morgan fingerprint density at radius 3 is 2.73 bits per heavy atom. The molecule has 3 heteroatoms. The van der Waals surface area contributed by atoms with Gasteiger partial charge in [-0.15, -0.1) is 11.6 Å². The zero-order chi connectivity index (χ0) is 11.4. The summed E-state index contributed by atoms with van der Waals surface area (Å²) in [5.74, 6) is 0.547. The van der Waals surface area contributed by atoms with E-state index in [2.05, 4.69) is 15.9 Å². The first-order valence-corrected chi connectivity index (χ1v) is 6.09. The fourth-order valence-electron chi connectivity index (χ4n) is 1.18. The van der Waals surface area contributed by atoms with E-state index in [4.69, 9.17) is 11.6 Å². The highest BCUT2D eigenvalue weighted by molar-refractivity contribution is 9.10. The van der Waals surface area contributed by atoms with E-state index in [0.717, 1.165) is 10.0 Å². The van der Waals surface area contributed by atoms with Crippen LogP contribution in [-0.2, 0) is 0 Å². The molecule has 0 aromatic heterocycles. The average molecular weight is 292 g/mol. The van der Waals surface area contributed by atoms with Crippen LogP contribution in [0.2, 0.25) is 0 Å². The fourth-order valence-corrected chi connectivity index (χ4v) is 1.95. The third kappa shape index (κ3) is 3.62. The number of rotatable bonds is 3. The van der Waals surface area contributed by atoms with Gasteiger partial charge in [0.15, 0.2) is 0 Å². The molecule has 0 aliphatic heterocycles. The van der Waals surface area contributed by atoms with E-state index in [9.17, 15) is 4.39 Å². The van der Waals surface area contributed by atoms with Crippen LogP contribution in [0, 0.1) is 11.7 Å². The second kappa shape index (κ2) is 5.66. The predicted octanol–water partition coefficient (Wildman–Crippen LogP) is 4.87. The van der Waals surface area contributed by atoms with Gasteiger partial charge in [0, 0.05) is 15.9 Å². The smallest absolute Gasteiger partial charge is 0.130 e. The summed E-state index contributed by atoms with van der Waals surface area (Å²) in [6.45, 7) is 4.09. The van der Waals surface area contributed by atoms with E-state index in [1.807, 2.05) is 19.9 Å². The van der Waals surface area contributed by atoms with Gasteiger partial charge in [0.25, 0.3) is 0 Å². The molecule has 1 aromatic rings. The van der Waals surface area contributed by atoms with E-state index in [0.29, 0.717) is 17.4 Å². The SMILES string of the molecule is CC(C)C(=Cc1cc(Br)ccc1F)CCl. The lowest BCUT2D eigenvalue weighted by molar-refractivity contribution is 0.624. The van der Waals surface area contributed by atoms with Crippen molar-refractivity contribution in [1.29, 1.82) is 0 Å². The van der Waals surface area contributed by atoms with Crippen LogP contribution in [0.5, 0.6) is 0 Å². The summed E-state index contributed by atoms with van der Waals surface area (Å²) in [6.07, 6.45) is 1.82. The summed E-state index contributed by atoms with van der Waals surface area (Å²) in [5.41, 5.74) is 1.61. The summed E-state index contributed by atoms with van der Waals surface area (Å²) in [4.78, 5) is 0. The van der Waals surface area contributed by atoms with Crippen molar-refractivity contribution in [3.63, 3.8) is 0 Å². The molecular formula is C12H13BrClF. The van der Waals surface area contributed by atoms with Gasteiger partial charge in [0.2, 0.25) is 0 Å². The van der Waals surface area contributed by atoms with Gasteiger partial charge >= 0.3 is 0 Å². The molecule has 0 radical (unpaired) electrons. The molecule has 15 heavy (non-hydrogen) atoms. The normalized spacial score (nSPS) is 12.3. The molecule has 0 amide bonds. The van der Waals surface area contributed by atoms with Crippen molar-refractivity contribution in [3.05, 3.63) is 39.6 Å². The van der Waals surface area contributed by atoms with E-state index >= 15 is 0 Å². The Morgan fingerprint density at radius 1 is 1.53 bits per heavy atom. The number of halogens is 3. The van der Waals surface area contributed by atoms with Crippen LogP contribution in [0.25, 0.3) is 6.08 Å². The van der Waals surface area contributed by atoms with Crippen LogP contribution in [0.3, 0.4) is 0 Å². The standard InChI is InChI=1S/C12H13BrClF/c1-8(2)10(7-14)5-9-6-11(13)3-4-12(9)15/h3-6,8H,7H2,1-2H3. The Morgan fingerprint density at radius 2 is 2.20 bits per heavy atom. The lowest BCUT2D eigenvalue weighted by atomic mass is 10.0. The van der Waals surface area contributed by atoms with Gasteiger partial charge in [-0.25, -0.2) is 4.39 Å². The lowest BCUT2D eigenvalue weighted by Gasteiger charge is -2.08. The minimum atomic E-state index is -0.221. The van der Waals surface area contributed by atoms with Gasteiger partial charge in [-0.1, -0.05) is 41.4 Å². The molecular weight excluding hydrogens is 278 g/mol. The van der Waals surface area contributed by atoms with E-state index in [1.54, 1.807) is 12.1 Å². The summed E-state index contributed by atoms with van der Waals surface area (Å²) in [5, 5.41) is 0. The topological polar surface area (TPSA) is 0 Å². The molecule has 0 atom stereocenters. The first kappa shape index (κ1) is 12.7. The highest BCUT2D eigenvalue weighted by atomic mass is 79.9. The van der Waals surface area contributed by atoms with Crippen molar-refractivity contribution in [2.75, 3.05) is 5.88 Å². The highest BCUT2D eigenvalue weighted by Gasteiger charge is 2.05. The van der Waals surface area contributed by atoms with Gasteiger partial charge < -0.3 is 0 Å². The summed E-state index contributed by atoms with van der Waals surface area (Å²) < 4.78 is 14.3. The Balaban J connectivity index is 3.10. The van der Waals surface area contributed by atoms with Gasteiger partial charge in [0.05, 0.1) is 0 Å². The quantitative estimate of drug-likeness (QED) is 0.697. The summed E-state index contributed by atoms with van der Waals surface area (Å²) in [6, 6.07) is 4.88. The van der Waals surface area contributed by atoms with Crippen molar-refractivity contribution in [1.82, 2.24) is 0 Å². The maximum Gasteiger partial charge on any atom is 0.130 e. The van der Waals surface area contributed by atoms with Gasteiger partial charge in [-0.3, -0.25) is 0 Å². The first-order valence-electron chi connectivity index (χ1n) is 4.76. The third-order valence-corrected chi connectivity index (χ3v) is 3.00. The Hall–Kier alpha value is -0.340. The van der Waals surface area contributed by atoms with Crippen LogP contribution in [0.15, 0.2) is 28.2 Å². The molecule has 0 saturated heterocycles. The average Bonchev–Trinajstić information content (AvgIpc) is 2.18. The van der Waals surface area contributed by atoms with Crippen molar-refractivity contribution < 1.29 is 4.39 Å². The van der Waals surface area contributed by atoms with Crippen LogP contribution in [-0.4, -0.2) is 5.88 Å². The molecule has 0 saturated carbocycles. The molecule has 82 valence electrons. The molecule has 1 aromatic carbocycles. The summed E-state index contributed by atoms with van der Waals surface area (Å²) >= 11 is 9.12. The Labute approximate surface area is 103 Å². The molecule has 0 aliphatic rings. The predicted molar refractivity (Wildman–Crippen MR) is 67.6 cm³/mol. The first-order chi connectivity index (χ1) is 7.04. The highest BCUT2D eigenvalue weighted by Crippen LogP contribution is 2.21. The fraction of sp³-hybridized carbons (Fsp3) is 0.333. The molecule has 0 spiro atoms. The maximum absolute atomic E-state index is 13.4. The van der Waals surface area contributed by atoms with Crippen molar-refractivity contribution >= 4 is 33.6 Å². The van der Waals surface area contributed by atoms with Gasteiger partial charge in [-0.2, -0.15) is 0 Å². The minimum Gasteiger partial charge on any atom is -0.206 e. The molecule has 0 N–H and O–H groups in total. The van der Waals surface area contributed by atoms with Crippen LogP contribution in [0.1, 0.15) is 19.4 Å². The van der Waals surface area contributed by atoms with E-state index in [1.165, 1.54) is 6.07 Å². The minimum absolute atomic E-state index is 0.221. The monoisotopic (exact) mass is 290 g/mol. The molecule has 0 aliphatic carbocycles. The van der Waals surface area contributed by atoms with Gasteiger partial charge in [0.1, 0.15) is 5.82 Å². The molecule has 0 fully saturated rings. The van der Waals surface area contributed by atoms with Crippen LogP contribution < -0.4 is 0 Å². The molecule has 0 nitrogen and oxygen atoms in total. The second-order valence-corrected chi connectivity index (χ2v) is 4.86. The third-order valence-electron chi connectivity index (χ3n) is 2.19. The van der Waals surface area contributed by atoms with Crippen molar-refractivity contribution in [3.8, 4) is 0 Å². The van der Waals surface area contributed by atoms with Crippen molar-refractivity contribution in [2.45, 2.75) is 13.8 Å². The molecule has 0 bridgehead atoms. The van der Waals surface area contributed by atoms with Crippen LogP contribution >= 0.6 is 27.5 Å². The van der Waals surface area contributed by atoms with E-state index < -0.39 is 0 Å². The van der Waals surface area contributed by atoms with Crippen LogP contribution in [0.4, 0.5) is 4.39 Å². The Bertz CT molecular complexity index is 372. The number of hydrogen-bond donors (Lipinski definition) is 0. The van der Waals surface area contributed by atoms with Gasteiger partial charge in [-0.05, 0) is 24.1 Å².